The molecular formula is C7H13NO2S. The molecule has 11 heavy (non-hydrogen) atoms. The number of hydrogen-bond acceptors (Lipinski definition) is 2. The molecule has 0 radical (unpaired) electrons. The molecule has 2 fully saturated rings. The van der Waals surface area contributed by atoms with E-state index in [4.69, 9.17) is 0 Å². The highest BCUT2D eigenvalue weighted by molar-refractivity contribution is 7.88. The van der Waals surface area contributed by atoms with Gasteiger partial charge in [0.25, 0.3) is 0 Å². The minimum absolute atomic E-state index is 0.267. The Morgan fingerprint density at radius 1 is 1.36 bits per heavy atom. The van der Waals surface area contributed by atoms with Crippen molar-refractivity contribution in [3.8, 4) is 0 Å². The molecule has 0 heterocycles. The second kappa shape index (κ2) is 2.20. The van der Waals surface area contributed by atoms with E-state index < -0.39 is 10.0 Å². The van der Waals surface area contributed by atoms with Crippen LogP contribution in [0.3, 0.4) is 0 Å². The molecule has 0 aromatic rings. The van der Waals surface area contributed by atoms with Gasteiger partial charge in [0.2, 0.25) is 10.0 Å². The van der Waals surface area contributed by atoms with Crippen molar-refractivity contribution in [3.63, 3.8) is 0 Å². The summed E-state index contributed by atoms with van der Waals surface area (Å²) in [6.07, 6.45) is 4.83. The van der Waals surface area contributed by atoms with Crippen LogP contribution < -0.4 is 4.72 Å². The Bertz CT molecular complexity index is 260. The lowest BCUT2D eigenvalue weighted by atomic mass is 9.57. The molecular weight excluding hydrogens is 162 g/mol. The van der Waals surface area contributed by atoms with Gasteiger partial charge in [-0.05, 0) is 31.1 Å². The average molecular weight is 175 g/mol. The van der Waals surface area contributed by atoms with Crippen LogP contribution in [0.15, 0.2) is 0 Å². The van der Waals surface area contributed by atoms with Gasteiger partial charge in [0.05, 0.1) is 6.26 Å². The lowest BCUT2D eigenvalue weighted by Gasteiger charge is -2.52. The zero-order valence-corrected chi connectivity index (χ0v) is 7.39. The monoisotopic (exact) mass is 175 g/mol. The van der Waals surface area contributed by atoms with Crippen LogP contribution in [0.1, 0.15) is 19.3 Å². The maximum Gasteiger partial charge on any atom is 0.208 e. The predicted molar refractivity (Wildman–Crippen MR) is 42.6 cm³/mol. The molecule has 2 rings (SSSR count). The second-order valence-corrected chi connectivity index (χ2v) is 5.51. The molecule has 0 saturated heterocycles. The highest BCUT2D eigenvalue weighted by Gasteiger charge is 2.47. The molecule has 3 nitrogen and oxygen atoms in total. The topological polar surface area (TPSA) is 46.2 Å². The van der Waals surface area contributed by atoms with Gasteiger partial charge in [-0.15, -0.1) is 0 Å². The SMILES string of the molecule is CS(=O)(=O)NC1C[C@@H]2CCC12. The maximum absolute atomic E-state index is 10.8. The fourth-order valence-corrected chi connectivity index (χ4v) is 2.95. The summed E-state index contributed by atoms with van der Waals surface area (Å²) in [5.74, 6) is 1.51. The molecule has 4 heteroatoms. The Kier molecular flexibility index (Phi) is 1.51. The van der Waals surface area contributed by atoms with Gasteiger partial charge >= 0.3 is 0 Å². The van der Waals surface area contributed by atoms with Crippen LogP contribution in [0.4, 0.5) is 0 Å². The molecule has 0 aromatic carbocycles. The molecule has 0 amide bonds. The van der Waals surface area contributed by atoms with Gasteiger partial charge in [0, 0.05) is 6.04 Å². The van der Waals surface area contributed by atoms with Gasteiger partial charge < -0.3 is 0 Å². The third kappa shape index (κ3) is 1.29. The number of sulfonamides is 1. The van der Waals surface area contributed by atoms with Crippen LogP contribution in [-0.4, -0.2) is 20.7 Å². The summed E-state index contributed by atoms with van der Waals surface area (Å²) in [6.45, 7) is 0. The summed E-state index contributed by atoms with van der Waals surface area (Å²) < 4.78 is 24.3. The predicted octanol–water partition coefficient (Wildman–Crippen LogP) is 0.334. The number of nitrogens with one attached hydrogen (secondary N) is 1. The van der Waals surface area contributed by atoms with Crippen molar-refractivity contribution in [1.29, 1.82) is 0 Å². The molecule has 2 saturated carbocycles. The van der Waals surface area contributed by atoms with E-state index in [9.17, 15) is 8.42 Å². The zero-order chi connectivity index (χ0) is 8.06. The molecule has 0 aliphatic heterocycles. The van der Waals surface area contributed by atoms with Crippen molar-refractivity contribution >= 4 is 10.0 Å². The minimum atomic E-state index is -2.96. The van der Waals surface area contributed by atoms with Gasteiger partial charge in [-0.2, -0.15) is 0 Å². The van der Waals surface area contributed by atoms with Gasteiger partial charge in [-0.3, -0.25) is 0 Å². The van der Waals surface area contributed by atoms with Crippen LogP contribution in [0.25, 0.3) is 0 Å². The number of fused-ring (bicyclic) bond motifs is 1. The van der Waals surface area contributed by atoms with Crippen molar-refractivity contribution in [2.24, 2.45) is 11.8 Å². The Hall–Kier alpha value is -0.0900. The summed E-state index contributed by atoms with van der Waals surface area (Å²) in [4.78, 5) is 0. The van der Waals surface area contributed by atoms with E-state index in [2.05, 4.69) is 4.72 Å². The van der Waals surface area contributed by atoms with E-state index in [0.29, 0.717) is 5.92 Å². The van der Waals surface area contributed by atoms with Crippen LogP contribution in [0.2, 0.25) is 0 Å². The Morgan fingerprint density at radius 3 is 2.36 bits per heavy atom. The molecule has 1 N–H and O–H groups in total. The third-order valence-electron chi connectivity index (χ3n) is 2.92. The van der Waals surface area contributed by atoms with Crippen LogP contribution >= 0.6 is 0 Å². The summed E-state index contributed by atoms with van der Waals surface area (Å²) >= 11 is 0. The molecule has 3 atom stereocenters. The van der Waals surface area contributed by atoms with Crippen molar-refractivity contribution < 1.29 is 8.42 Å². The van der Waals surface area contributed by atoms with Crippen LogP contribution in [0.5, 0.6) is 0 Å². The fourth-order valence-electron chi connectivity index (χ4n) is 2.13. The van der Waals surface area contributed by atoms with Crippen molar-refractivity contribution in [2.75, 3.05) is 6.26 Å². The van der Waals surface area contributed by atoms with E-state index in [0.717, 1.165) is 12.3 Å². The standard InChI is InChI=1S/C7H13NO2S/c1-11(9,10)8-7-4-5-2-3-6(5)7/h5-8H,2-4H2,1H3/t5-,6?,7?/m0/s1. The van der Waals surface area contributed by atoms with Crippen molar-refractivity contribution in [1.82, 2.24) is 4.72 Å². The highest BCUT2D eigenvalue weighted by Crippen LogP contribution is 2.50. The Balaban J connectivity index is 1.90. The summed E-state index contributed by atoms with van der Waals surface area (Å²) in [5.41, 5.74) is 0. The molecule has 0 aromatic heterocycles. The minimum Gasteiger partial charge on any atom is -0.213 e. The van der Waals surface area contributed by atoms with E-state index in [1.807, 2.05) is 0 Å². The van der Waals surface area contributed by atoms with E-state index >= 15 is 0 Å². The Morgan fingerprint density at radius 2 is 2.09 bits per heavy atom. The Labute approximate surface area is 67.2 Å². The van der Waals surface area contributed by atoms with Gasteiger partial charge in [0.1, 0.15) is 0 Å². The third-order valence-corrected chi connectivity index (χ3v) is 3.65. The van der Waals surface area contributed by atoms with Gasteiger partial charge in [-0.1, -0.05) is 0 Å². The molecule has 2 aliphatic rings. The lowest BCUT2D eigenvalue weighted by molar-refractivity contribution is 0.0173. The van der Waals surface area contributed by atoms with Crippen LogP contribution in [0, 0.1) is 11.8 Å². The quantitative estimate of drug-likeness (QED) is 0.657. The van der Waals surface area contributed by atoms with E-state index in [1.54, 1.807) is 0 Å². The first-order valence-electron chi connectivity index (χ1n) is 4.03. The molecule has 2 aliphatic carbocycles. The second-order valence-electron chi connectivity index (χ2n) is 3.73. The average Bonchev–Trinajstić information content (AvgIpc) is 1.77. The van der Waals surface area contributed by atoms with E-state index in [-0.39, 0.29) is 6.04 Å². The summed E-state index contributed by atoms with van der Waals surface area (Å²) in [5, 5.41) is 0. The maximum atomic E-state index is 10.8. The fraction of sp³-hybridized carbons (Fsp3) is 1.00. The normalized spacial score (nSPS) is 42.1. The molecule has 2 unspecified atom stereocenters. The van der Waals surface area contributed by atoms with Gasteiger partial charge in [0.15, 0.2) is 0 Å². The zero-order valence-electron chi connectivity index (χ0n) is 6.58. The smallest absolute Gasteiger partial charge is 0.208 e. The van der Waals surface area contributed by atoms with Crippen molar-refractivity contribution in [3.05, 3.63) is 0 Å². The first-order valence-corrected chi connectivity index (χ1v) is 5.93. The van der Waals surface area contributed by atoms with E-state index in [1.165, 1.54) is 19.1 Å². The first kappa shape index (κ1) is 7.55. The van der Waals surface area contributed by atoms with Crippen molar-refractivity contribution in [2.45, 2.75) is 25.3 Å². The van der Waals surface area contributed by atoms with Crippen LogP contribution in [-0.2, 0) is 10.0 Å². The lowest BCUT2D eigenvalue weighted by Crippen LogP contribution is -2.56. The number of rotatable bonds is 2. The summed E-state index contributed by atoms with van der Waals surface area (Å²) in [6, 6.07) is 0.267. The highest BCUT2D eigenvalue weighted by atomic mass is 32.2. The molecule has 0 bridgehead atoms. The van der Waals surface area contributed by atoms with Gasteiger partial charge in [-0.25, -0.2) is 13.1 Å². The molecule has 0 spiro atoms. The number of hydrogen-bond donors (Lipinski definition) is 1. The first-order chi connectivity index (χ1) is 5.06. The molecule has 64 valence electrons. The largest absolute Gasteiger partial charge is 0.213 e. The summed E-state index contributed by atoms with van der Waals surface area (Å²) in [7, 11) is -2.96.